The van der Waals surface area contributed by atoms with Crippen LogP contribution < -0.4 is 10.1 Å². The van der Waals surface area contributed by atoms with Crippen LogP contribution in [-0.2, 0) is 29.5 Å². The predicted octanol–water partition coefficient (Wildman–Crippen LogP) is 8.20. The van der Waals surface area contributed by atoms with Crippen LogP contribution in [0.1, 0.15) is 48.1 Å². The van der Waals surface area contributed by atoms with Crippen LogP contribution in [0.3, 0.4) is 0 Å². The lowest BCUT2D eigenvalue weighted by Gasteiger charge is -2.46. The monoisotopic (exact) mass is 638 g/mol. The minimum atomic E-state index is -4.57. The van der Waals surface area contributed by atoms with E-state index < -0.39 is 23.2 Å². The molecule has 0 aromatic heterocycles. The van der Waals surface area contributed by atoms with Crippen LogP contribution >= 0.6 is 11.6 Å². The number of aliphatic carboxylic acids is 1. The topological polar surface area (TPSA) is 61.8 Å². The molecule has 4 aromatic carbocycles. The molecular formula is C36H38ClF3N2O3. The van der Waals surface area contributed by atoms with Gasteiger partial charge in [-0.2, -0.15) is 13.2 Å². The van der Waals surface area contributed by atoms with Crippen LogP contribution in [0.25, 0.3) is 0 Å². The molecule has 0 radical (unpaired) electrons. The smallest absolute Gasteiger partial charge is 0.417 e. The number of carboxylic acid groups (broad SMARTS) is 1. The maximum absolute atomic E-state index is 13.8. The molecule has 0 saturated heterocycles. The second kappa shape index (κ2) is 15.4. The number of benzene rings is 4. The van der Waals surface area contributed by atoms with Gasteiger partial charge in [-0.25, -0.2) is 0 Å². The third-order valence-electron chi connectivity index (χ3n) is 8.07. The van der Waals surface area contributed by atoms with Gasteiger partial charge in [0.25, 0.3) is 0 Å². The minimum absolute atomic E-state index is 0.0961. The van der Waals surface area contributed by atoms with Crippen molar-refractivity contribution in [3.8, 4) is 5.75 Å². The number of hydrogen-bond acceptors (Lipinski definition) is 4. The van der Waals surface area contributed by atoms with Gasteiger partial charge < -0.3 is 15.2 Å². The highest BCUT2D eigenvalue weighted by Crippen LogP contribution is 2.41. The fourth-order valence-electron chi connectivity index (χ4n) is 5.60. The van der Waals surface area contributed by atoms with E-state index in [1.807, 2.05) is 84.9 Å². The molecule has 45 heavy (non-hydrogen) atoms. The molecule has 238 valence electrons. The Morgan fingerprint density at radius 3 is 2.16 bits per heavy atom. The summed E-state index contributed by atoms with van der Waals surface area (Å²) >= 11 is 6.44. The second-order valence-corrected chi connectivity index (χ2v) is 11.5. The second-order valence-electron chi connectivity index (χ2n) is 11.2. The number of alkyl halides is 3. The van der Waals surface area contributed by atoms with E-state index in [0.717, 1.165) is 22.8 Å². The van der Waals surface area contributed by atoms with E-state index in [0.29, 0.717) is 37.3 Å². The van der Waals surface area contributed by atoms with Crippen LogP contribution in [0.15, 0.2) is 103 Å². The van der Waals surface area contributed by atoms with Gasteiger partial charge in [-0.15, -0.1) is 0 Å². The van der Waals surface area contributed by atoms with E-state index in [4.69, 9.17) is 21.4 Å². The molecule has 0 saturated carbocycles. The summed E-state index contributed by atoms with van der Waals surface area (Å²) in [6.45, 7) is 5.12. The Morgan fingerprint density at radius 1 is 0.933 bits per heavy atom. The van der Waals surface area contributed by atoms with Crippen molar-refractivity contribution in [1.29, 1.82) is 0 Å². The van der Waals surface area contributed by atoms with E-state index in [1.165, 1.54) is 6.07 Å². The predicted molar refractivity (Wildman–Crippen MR) is 172 cm³/mol. The van der Waals surface area contributed by atoms with Crippen molar-refractivity contribution in [1.82, 2.24) is 10.2 Å². The summed E-state index contributed by atoms with van der Waals surface area (Å²) in [6, 6.07) is 31.5. The fraction of sp³-hybridized carbons (Fsp3) is 0.306. The molecule has 0 heterocycles. The zero-order chi connectivity index (χ0) is 32.5. The molecule has 0 fully saturated rings. The maximum Gasteiger partial charge on any atom is 0.417 e. The number of rotatable bonds is 15. The summed E-state index contributed by atoms with van der Waals surface area (Å²) in [5.74, 6) is -0.208. The first-order valence-corrected chi connectivity index (χ1v) is 15.2. The van der Waals surface area contributed by atoms with Gasteiger partial charge in [-0.1, -0.05) is 96.5 Å². The Labute approximate surface area is 267 Å². The molecule has 0 bridgehead atoms. The van der Waals surface area contributed by atoms with Crippen molar-refractivity contribution in [2.45, 2.75) is 51.0 Å². The molecule has 4 aromatic rings. The highest BCUT2D eigenvalue weighted by atomic mass is 35.5. The van der Waals surface area contributed by atoms with E-state index in [9.17, 15) is 18.0 Å². The zero-order valence-corrected chi connectivity index (χ0v) is 26.1. The summed E-state index contributed by atoms with van der Waals surface area (Å²) in [4.78, 5) is 12.9. The Hall–Kier alpha value is -3.85. The molecule has 2 N–H and O–H groups in total. The molecule has 0 amide bonds. The van der Waals surface area contributed by atoms with E-state index in [-0.39, 0.29) is 24.2 Å². The Kier molecular flexibility index (Phi) is 11.7. The third kappa shape index (κ3) is 8.87. The normalized spacial score (nSPS) is 12.7. The number of carbonyl (C=O) groups is 1. The highest BCUT2D eigenvalue weighted by Gasteiger charge is 2.40. The maximum atomic E-state index is 13.8. The number of ether oxygens (including phenoxy) is 1. The average molecular weight is 639 g/mol. The molecule has 0 aliphatic rings. The average Bonchev–Trinajstić information content (AvgIpc) is 3.02. The number of carboxylic acids is 1. The van der Waals surface area contributed by atoms with Crippen molar-refractivity contribution in [2.24, 2.45) is 0 Å². The molecule has 0 aliphatic heterocycles. The van der Waals surface area contributed by atoms with Gasteiger partial charge >= 0.3 is 12.1 Å². The molecule has 4 rings (SSSR count). The first-order chi connectivity index (χ1) is 21.5. The molecule has 0 unspecified atom stereocenters. The van der Waals surface area contributed by atoms with Gasteiger partial charge in [0, 0.05) is 12.6 Å². The standard InChI is InChI=1S/C36H38ClF3N2O3/c1-26(20-22-45-31-17-9-11-27(23-31)19-21-41-24-33(43)44)42(25-28-12-10-18-32(34(28)37)36(38,39)40)35(2,29-13-5-3-6-14-29)30-15-7-4-8-16-30/h3-18,23,26,41H,19-22,24-25H2,1-2H3,(H,43,44)/t26-/m1/s1. The zero-order valence-electron chi connectivity index (χ0n) is 25.4. The van der Waals surface area contributed by atoms with Crippen LogP contribution in [0.2, 0.25) is 5.02 Å². The van der Waals surface area contributed by atoms with E-state index >= 15 is 0 Å². The molecular weight excluding hydrogens is 601 g/mol. The van der Waals surface area contributed by atoms with Crippen LogP contribution in [0.5, 0.6) is 5.75 Å². The van der Waals surface area contributed by atoms with Crippen molar-refractivity contribution in [3.63, 3.8) is 0 Å². The number of nitrogens with one attached hydrogen (secondary N) is 1. The van der Waals surface area contributed by atoms with Gasteiger partial charge in [0.05, 0.1) is 29.3 Å². The van der Waals surface area contributed by atoms with Crippen molar-refractivity contribution in [3.05, 3.63) is 136 Å². The Morgan fingerprint density at radius 2 is 1.56 bits per heavy atom. The largest absolute Gasteiger partial charge is 0.494 e. The molecule has 0 aliphatic carbocycles. The van der Waals surface area contributed by atoms with E-state index in [2.05, 4.69) is 24.1 Å². The first-order valence-electron chi connectivity index (χ1n) is 14.9. The van der Waals surface area contributed by atoms with Gasteiger partial charge in [0.1, 0.15) is 5.75 Å². The highest BCUT2D eigenvalue weighted by molar-refractivity contribution is 6.32. The fourth-order valence-corrected chi connectivity index (χ4v) is 5.90. The lowest BCUT2D eigenvalue weighted by molar-refractivity contribution is -0.138. The minimum Gasteiger partial charge on any atom is -0.494 e. The lowest BCUT2D eigenvalue weighted by atomic mass is 9.81. The lowest BCUT2D eigenvalue weighted by Crippen LogP contribution is -2.49. The molecule has 9 heteroatoms. The van der Waals surface area contributed by atoms with Crippen molar-refractivity contribution >= 4 is 17.6 Å². The van der Waals surface area contributed by atoms with Gasteiger partial charge in [0.15, 0.2) is 0 Å². The SMILES string of the molecule is C[C@H](CCOc1cccc(CCNCC(=O)O)c1)N(Cc1cccc(C(F)(F)F)c1Cl)C(C)(c1ccccc1)c1ccccc1. The quantitative estimate of drug-likeness (QED) is 0.129. The summed E-state index contributed by atoms with van der Waals surface area (Å²) in [5.41, 5.74) is 1.83. The summed E-state index contributed by atoms with van der Waals surface area (Å²) in [5, 5.41) is 11.4. The third-order valence-corrected chi connectivity index (χ3v) is 8.52. The number of halogens is 4. The summed E-state index contributed by atoms with van der Waals surface area (Å²) < 4.78 is 47.6. The number of nitrogens with zero attached hydrogens (tertiary/aromatic N) is 1. The number of hydrogen-bond donors (Lipinski definition) is 2. The Bertz CT molecular complexity index is 1490. The van der Waals surface area contributed by atoms with Crippen LogP contribution in [0, 0.1) is 0 Å². The Balaban J connectivity index is 1.62. The molecule has 1 atom stereocenters. The van der Waals surface area contributed by atoms with Crippen LogP contribution in [0.4, 0.5) is 13.2 Å². The van der Waals surface area contributed by atoms with Gasteiger partial charge in [-0.05, 0) is 73.7 Å². The first kappa shape index (κ1) is 34.0. The molecule has 5 nitrogen and oxygen atoms in total. The van der Waals surface area contributed by atoms with Crippen LogP contribution in [-0.4, -0.2) is 41.7 Å². The van der Waals surface area contributed by atoms with E-state index in [1.54, 1.807) is 6.07 Å². The van der Waals surface area contributed by atoms with Crippen molar-refractivity contribution < 1.29 is 27.8 Å². The van der Waals surface area contributed by atoms with Gasteiger partial charge in [-0.3, -0.25) is 9.69 Å². The van der Waals surface area contributed by atoms with Gasteiger partial charge in [0.2, 0.25) is 0 Å². The molecule has 0 spiro atoms. The summed E-state index contributed by atoms with van der Waals surface area (Å²) in [7, 11) is 0. The van der Waals surface area contributed by atoms with Crippen molar-refractivity contribution in [2.75, 3.05) is 19.7 Å². The summed E-state index contributed by atoms with van der Waals surface area (Å²) in [6.07, 6.45) is -3.34.